The van der Waals surface area contributed by atoms with Crippen LogP contribution in [0.5, 0.6) is 0 Å². The number of benzene rings is 1. The van der Waals surface area contributed by atoms with Crippen molar-refractivity contribution in [3.05, 3.63) is 51.7 Å². The molecule has 2 nitrogen and oxygen atoms in total. The molecular weight excluding hydrogens is 308 g/mol. The number of hydrogen-bond donors (Lipinski definition) is 1. The van der Waals surface area contributed by atoms with Gasteiger partial charge in [-0.2, -0.15) is 0 Å². The lowest BCUT2D eigenvalue weighted by molar-refractivity contribution is 0.518. The van der Waals surface area contributed by atoms with Gasteiger partial charge in [-0.3, -0.25) is 0 Å². The Bertz CT molecular complexity index is 442. The van der Waals surface area contributed by atoms with Gasteiger partial charge in [0, 0.05) is 9.26 Å². The molecule has 1 heterocycles. The normalized spacial score (nSPS) is 10.3. The van der Waals surface area contributed by atoms with Crippen LogP contribution in [0.15, 0.2) is 41.0 Å². The van der Waals surface area contributed by atoms with Crippen LogP contribution in [0.1, 0.15) is 5.76 Å². The van der Waals surface area contributed by atoms with Gasteiger partial charge in [0.2, 0.25) is 0 Å². The number of rotatable bonds is 3. The first-order valence-corrected chi connectivity index (χ1v) is 5.55. The Hall–Kier alpha value is -1.04. The highest BCUT2D eigenvalue weighted by atomic mass is 127. The largest absolute Gasteiger partial charge is 0.467 e. The molecule has 2 aromatic rings. The van der Waals surface area contributed by atoms with E-state index in [0.29, 0.717) is 6.54 Å². The van der Waals surface area contributed by atoms with E-state index in [2.05, 4.69) is 27.9 Å². The molecule has 4 heteroatoms. The monoisotopic (exact) mass is 317 g/mol. The van der Waals surface area contributed by atoms with Crippen LogP contribution in [-0.4, -0.2) is 0 Å². The number of nitrogens with one attached hydrogen (secondary N) is 1. The zero-order valence-corrected chi connectivity index (χ0v) is 9.99. The highest BCUT2D eigenvalue weighted by Crippen LogP contribution is 2.19. The maximum atomic E-state index is 12.8. The molecule has 0 bridgehead atoms. The van der Waals surface area contributed by atoms with Crippen molar-refractivity contribution in [1.29, 1.82) is 0 Å². The maximum absolute atomic E-state index is 12.8. The summed E-state index contributed by atoms with van der Waals surface area (Å²) in [6, 6.07) is 8.38. The average molecular weight is 317 g/mol. The first-order chi connectivity index (χ1) is 7.25. The van der Waals surface area contributed by atoms with Crippen molar-refractivity contribution in [1.82, 2.24) is 0 Å². The smallest absolute Gasteiger partial charge is 0.124 e. The summed E-state index contributed by atoms with van der Waals surface area (Å²) in [4.78, 5) is 0. The van der Waals surface area contributed by atoms with Gasteiger partial charge in [-0.25, -0.2) is 4.39 Å². The molecule has 15 heavy (non-hydrogen) atoms. The Labute approximate surface area is 101 Å². The Morgan fingerprint density at radius 2 is 2.20 bits per heavy atom. The van der Waals surface area contributed by atoms with Gasteiger partial charge in [-0.05, 0) is 52.9 Å². The first kappa shape index (κ1) is 10.5. The minimum absolute atomic E-state index is 0.219. The number of furan rings is 1. The number of hydrogen-bond acceptors (Lipinski definition) is 2. The lowest BCUT2D eigenvalue weighted by Crippen LogP contribution is -2.00. The summed E-state index contributed by atoms with van der Waals surface area (Å²) in [5, 5.41) is 3.17. The third kappa shape index (κ3) is 2.71. The van der Waals surface area contributed by atoms with Crippen LogP contribution in [0.3, 0.4) is 0 Å². The fraction of sp³-hybridized carbons (Fsp3) is 0.0909. The molecule has 0 unspecified atom stereocenters. The third-order valence-electron chi connectivity index (χ3n) is 1.96. The van der Waals surface area contributed by atoms with E-state index in [1.54, 1.807) is 12.3 Å². The number of anilines is 1. The van der Waals surface area contributed by atoms with E-state index in [0.717, 1.165) is 15.0 Å². The van der Waals surface area contributed by atoms with Crippen LogP contribution in [-0.2, 0) is 6.54 Å². The Morgan fingerprint density at radius 3 is 2.87 bits per heavy atom. The molecule has 1 aromatic heterocycles. The molecule has 0 saturated heterocycles. The molecule has 0 spiro atoms. The third-order valence-corrected chi connectivity index (χ3v) is 2.86. The predicted molar refractivity (Wildman–Crippen MR) is 65.2 cm³/mol. The molecule has 1 N–H and O–H groups in total. The summed E-state index contributed by atoms with van der Waals surface area (Å²) in [7, 11) is 0. The van der Waals surface area contributed by atoms with Crippen molar-refractivity contribution in [2.24, 2.45) is 0 Å². The van der Waals surface area contributed by atoms with Crippen LogP contribution in [0.25, 0.3) is 0 Å². The average Bonchev–Trinajstić information content (AvgIpc) is 2.69. The fourth-order valence-corrected chi connectivity index (χ4v) is 1.90. The summed E-state index contributed by atoms with van der Waals surface area (Å²) in [6.45, 7) is 0.606. The van der Waals surface area contributed by atoms with Crippen molar-refractivity contribution in [3.8, 4) is 0 Å². The second-order valence-corrected chi connectivity index (χ2v) is 4.22. The highest BCUT2D eigenvalue weighted by Gasteiger charge is 2.01. The molecule has 0 aliphatic rings. The molecule has 0 amide bonds. The predicted octanol–water partition coefficient (Wildman–Crippen LogP) is 3.64. The second-order valence-electron chi connectivity index (χ2n) is 3.06. The quantitative estimate of drug-likeness (QED) is 0.875. The molecule has 2 rings (SSSR count). The number of halogens is 2. The van der Waals surface area contributed by atoms with Crippen molar-refractivity contribution in [3.63, 3.8) is 0 Å². The zero-order valence-electron chi connectivity index (χ0n) is 7.84. The molecule has 78 valence electrons. The molecule has 0 atom stereocenters. The molecule has 0 aliphatic carbocycles. The Morgan fingerprint density at radius 1 is 1.33 bits per heavy atom. The minimum atomic E-state index is -0.219. The van der Waals surface area contributed by atoms with Gasteiger partial charge >= 0.3 is 0 Å². The lowest BCUT2D eigenvalue weighted by Gasteiger charge is -2.06. The van der Waals surface area contributed by atoms with Crippen molar-refractivity contribution < 1.29 is 8.81 Å². The van der Waals surface area contributed by atoms with Crippen LogP contribution < -0.4 is 5.32 Å². The van der Waals surface area contributed by atoms with Gasteiger partial charge in [0.25, 0.3) is 0 Å². The second kappa shape index (κ2) is 4.65. The summed E-state index contributed by atoms with van der Waals surface area (Å²) in [5.41, 5.74) is 0.911. The minimum Gasteiger partial charge on any atom is -0.467 e. The van der Waals surface area contributed by atoms with E-state index in [-0.39, 0.29) is 5.82 Å². The van der Waals surface area contributed by atoms with Gasteiger partial charge in [0.15, 0.2) is 0 Å². The SMILES string of the molecule is Fc1ccc(NCc2ccco2)c(I)c1. The topological polar surface area (TPSA) is 25.2 Å². The fourth-order valence-electron chi connectivity index (χ4n) is 1.23. The van der Waals surface area contributed by atoms with Gasteiger partial charge in [0.05, 0.1) is 12.8 Å². The summed E-state index contributed by atoms with van der Waals surface area (Å²) in [6.07, 6.45) is 1.63. The van der Waals surface area contributed by atoms with Crippen LogP contribution in [0, 0.1) is 9.39 Å². The van der Waals surface area contributed by atoms with Gasteiger partial charge in [0.1, 0.15) is 11.6 Å². The molecule has 0 fully saturated rings. The van der Waals surface area contributed by atoms with Crippen LogP contribution in [0.4, 0.5) is 10.1 Å². The van der Waals surface area contributed by atoms with E-state index in [9.17, 15) is 4.39 Å². The Kier molecular flexibility index (Phi) is 3.25. The molecular formula is C11H9FINO. The molecule has 0 aliphatic heterocycles. The molecule has 0 saturated carbocycles. The lowest BCUT2D eigenvalue weighted by atomic mass is 10.3. The Balaban J connectivity index is 2.05. The van der Waals surface area contributed by atoms with E-state index in [1.807, 2.05) is 12.1 Å². The molecule has 1 aromatic carbocycles. The van der Waals surface area contributed by atoms with Gasteiger partial charge < -0.3 is 9.73 Å². The first-order valence-electron chi connectivity index (χ1n) is 4.47. The standard InChI is InChI=1S/C11H9FINO/c12-8-3-4-11(10(13)6-8)14-7-9-2-1-5-15-9/h1-6,14H,7H2. The van der Waals surface area contributed by atoms with Gasteiger partial charge in [-0.1, -0.05) is 0 Å². The van der Waals surface area contributed by atoms with Crippen molar-refractivity contribution in [2.45, 2.75) is 6.54 Å². The zero-order chi connectivity index (χ0) is 10.7. The summed E-state index contributed by atoms with van der Waals surface area (Å²) >= 11 is 2.09. The van der Waals surface area contributed by atoms with Crippen molar-refractivity contribution >= 4 is 28.3 Å². The van der Waals surface area contributed by atoms with Crippen molar-refractivity contribution in [2.75, 3.05) is 5.32 Å². The van der Waals surface area contributed by atoms with E-state index >= 15 is 0 Å². The highest BCUT2D eigenvalue weighted by molar-refractivity contribution is 14.1. The molecule has 0 radical (unpaired) electrons. The van der Waals surface area contributed by atoms with Crippen LogP contribution >= 0.6 is 22.6 Å². The van der Waals surface area contributed by atoms with E-state index in [1.165, 1.54) is 12.1 Å². The van der Waals surface area contributed by atoms with E-state index < -0.39 is 0 Å². The van der Waals surface area contributed by atoms with Crippen LogP contribution in [0.2, 0.25) is 0 Å². The van der Waals surface area contributed by atoms with Gasteiger partial charge in [-0.15, -0.1) is 0 Å². The van der Waals surface area contributed by atoms with E-state index in [4.69, 9.17) is 4.42 Å². The summed E-state index contributed by atoms with van der Waals surface area (Å²) in [5.74, 6) is 0.637. The summed E-state index contributed by atoms with van der Waals surface area (Å²) < 4.78 is 18.9. The maximum Gasteiger partial charge on any atom is 0.124 e.